The van der Waals surface area contributed by atoms with Crippen LogP contribution in [0.4, 0.5) is 16.3 Å². The van der Waals surface area contributed by atoms with Crippen LogP contribution >= 0.6 is 0 Å². The Bertz CT molecular complexity index is 808. The Morgan fingerprint density at radius 2 is 2.03 bits per heavy atom. The zero-order valence-corrected chi connectivity index (χ0v) is 17.9. The average Bonchev–Trinajstić information content (AvgIpc) is 3.04. The van der Waals surface area contributed by atoms with Gasteiger partial charge in [-0.2, -0.15) is 0 Å². The molecule has 1 spiro atoms. The van der Waals surface area contributed by atoms with Crippen LogP contribution in [0, 0.1) is 12.3 Å². The van der Waals surface area contributed by atoms with Gasteiger partial charge in [0.2, 0.25) is 5.91 Å². The van der Waals surface area contributed by atoms with E-state index in [1.165, 1.54) is 7.11 Å². The number of piperidine rings is 1. The molecular weight excluding hydrogens is 384 g/mol. The number of methoxy groups -OCH3 is 1. The van der Waals surface area contributed by atoms with Crippen molar-refractivity contribution in [1.29, 1.82) is 0 Å². The van der Waals surface area contributed by atoms with Crippen LogP contribution < -0.4 is 10.2 Å². The second-order valence-corrected chi connectivity index (χ2v) is 9.00. The highest BCUT2D eigenvalue weighted by Crippen LogP contribution is 2.43. The Hall–Kier alpha value is -2.35. The molecule has 2 saturated heterocycles. The summed E-state index contributed by atoms with van der Waals surface area (Å²) in [7, 11) is 1.33. The number of aliphatic hydroxyl groups is 1. The first kappa shape index (κ1) is 20.9. The van der Waals surface area contributed by atoms with Gasteiger partial charge in [-0.15, -0.1) is 0 Å². The van der Waals surface area contributed by atoms with Crippen molar-refractivity contribution in [3.8, 4) is 0 Å². The van der Waals surface area contributed by atoms with Gasteiger partial charge in [0.1, 0.15) is 5.82 Å². The number of ether oxygens (including phenoxy) is 1. The smallest absolute Gasteiger partial charge is 0.411 e. The number of aromatic nitrogens is 1. The van der Waals surface area contributed by atoms with Crippen LogP contribution in [0.1, 0.15) is 50.5 Å². The fourth-order valence-corrected chi connectivity index (χ4v) is 5.39. The van der Waals surface area contributed by atoms with Gasteiger partial charge in [0, 0.05) is 25.7 Å². The summed E-state index contributed by atoms with van der Waals surface area (Å²) in [5.41, 5.74) is 1.23. The van der Waals surface area contributed by atoms with E-state index in [4.69, 9.17) is 0 Å². The lowest BCUT2D eigenvalue weighted by Gasteiger charge is -2.41. The number of hydrogen-bond donors (Lipinski definition) is 2. The van der Waals surface area contributed by atoms with Crippen molar-refractivity contribution in [3.05, 3.63) is 17.8 Å². The van der Waals surface area contributed by atoms with E-state index in [9.17, 15) is 14.7 Å². The normalized spacial score (nSPS) is 29.4. The third-order valence-corrected chi connectivity index (χ3v) is 7.01. The largest absolute Gasteiger partial charge is 0.453 e. The van der Waals surface area contributed by atoms with Crippen LogP contribution in [-0.2, 0) is 9.53 Å². The minimum Gasteiger partial charge on any atom is -0.453 e. The molecule has 0 unspecified atom stereocenters. The monoisotopic (exact) mass is 416 g/mol. The molecule has 164 valence electrons. The minimum atomic E-state index is -0.521. The van der Waals surface area contributed by atoms with Crippen LogP contribution in [0.5, 0.6) is 0 Å². The van der Waals surface area contributed by atoms with E-state index in [-0.39, 0.29) is 23.5 Å². The maximum absolute atomic E-state index is 13.5. The number of carbonyl (C=O) groups excluding carboxylic acids is 2. The van der Waals surface area contributed by atoms with Crippen molar-refractivity contribution in [2.24, 2.45) is 5.41 Å². The van der Waals surface area contributed by atoms with Crippen LogP contribution in [0.25, 0.3) is 0 Å². The topological polar surface area (TPSA) is 95.0 Å². The quantitative estimate of drug-likeness (QED) is 0.787. The number of aryl methyl sites for hydroxylation is 1. The molecule has 3 heterocycles. The molecule has 0 aromatic carbocycles. The zero-order chi connectivity index (χ0) is 21.3. The van der Waals surface area contributed by atoms with Crippen LogP contribution in [0.15, 0.2) is 12.3 Å². The van der Waals surface area contributed by atoms with Gasteiger partial charge in [0.15, 0.2) is 0 Å². The van der Waals surface area contributed by atoms with Gasteiger partial charge in [-0.05, 0) is 63.5 Å². The summed E-state index contributed by atoms with van der Waals surface area (Å²) in [6.45, 7) is 4.36. The third-order valence-electron chi connectivity index (χ3n) is 7.01. The molecule has 0 bridgehead atoms. The number of likely N-dealkylation sites (tertiary alicyclic amines) is 1. The van der Waals surface area contributed by atoms with Crippen molar-refractivity contribution in [1.82, 2.24) is 9.88 Å². The molecule has 3 fully saturated rings. The number of aliphatic hydroxyl groups excluding tert-OH is 1. The first-order chi connectivity index (χ1) is 14.4. The number of anilines is 2. The molecule has 2 aliphatic heterocycles. The van der Waals surface area contributed by atoms with Crippen molar-refractivity contribution < 1.29 is 19.4 Å². The van der Waals surface area contributed by atoms with E-state index >= 15 is 0 Å². The number of pyridine rings is 1. The minimum absolute atomic E-state index is 0.205. The molecule has 1 aromatic heterocycles. The molecular formula is C22H32N4O4. The molecule has 1 aromatic rings. The molecule has 1 atom stereocenters. The molecule has 1 saturated carbocycles. The van der Waals surface area contributed by atoms with E-state index in [0.29, 0.717) is 12.2 Å². The Morgan fingerprint density at radius 1 is 1.27 bits per heavy atom. The summed E-state index contributed by atoms with van der Waals surface area (Å²) in [5.74, 6) is 1.16. The van der Waals surface area contributed by atoms with Crippen LogP contribution in [0.2, 0.25) is 0 Å². The Kier molecular flexibility index (Phi) is 5.86. The Balaban J connectivity index is 1.47. The molecule has 2 amide bonds. The molecule has 30 heavy (non-hydrogen) atoms. The van der Waals surface area contributed by atoms with E-state index in [1.807, 2.05) is 13.0 Å². The number of hydrogen-bond acceptors (Lipinski definition) is 6. The number of rotatable bonds is 3. The van der Waals surface area contributed by atoms with Crippen molar-refractivity contribution in [2.75, 3.05) is 37.0 Å². The van der Waals surface area contributed by atoms with Crippen molar-refractivity contribution in [3.63, 3.8) is 0 Å². The summed E-state index contributed by atoms with van der Waals surface area (Å²) in [5, 5.41) is 12.4. The zero-order valence-electron chi connectivity index (χ0n) is 17.9. The summed E-state index contributed by atoms with van der Waals surface area (Å²) in [6, 6.07) is 2.16. The summed E-state index contributed by atoms with van der Waals surface area (Å²) in [4.78, 5) is 33.8. The van der Waals surface area contributed by atoms with Gasteiger partial charge >= 0.3 is 6.09 Å². The van der Waals surface area contributed by atoms with Gasteiger partial charge in [-0.3, -0.25) is 10.1 Å². The fraction of sp³-hybridized carbons (Fsp3) is 0.682. The van der Waals surface area contributed by atoms with Crippen molar-refractivity contribution in [2.45, 2.75) is 64.0 Å². The molecule has 8 heteroatoms. The molecule has 1 aliphatic carbocycles. The number of nitrogens with one attached hydrogen (secondary N) is 1. The predicted molar refractivity (Wildman–Crippen MR) is 113 cm³/mol. The lowest BCUT2D eigenvalue weighted by atomic mass is 9.78. The Labute approximate surface area is 177 Å². The summed E-state index contributed by atoms with van der Waals surface area (Å²) < 4.78 is 4.64. The van der Waals surface area contributed by atoms with Gasteiger partial charge in [0.25, 0.3) is 0 Å². The van der Waals surface area contributed by atoms with E-state index in [2.05, 4.69) is 24.8 Å². The van der Waals surface area contributed by atoms with Crippen molar-refractivity contribution >= 4 is 23.5 Å². The van der Waals surface area contributed by atoms with E-state index < -0.39 is 6.09 Å². The van der Waals surface area contributed by atoms with Gasteiger partial charge in [0.05, 0.1) is 30.5 Å². The first-order valence-electron chi connectivity index (χ1n) is 11.0. The van der Waals surface area contributed by atoms with E-state index in [0.717, 1.165) is 69.4 Å². The fourth-order valence-electron chi connectivity index (χ4n) is 5.39. The molecule has 4 rings (SSSR count). The predicted octanol–water partition coefficient (Wildman–Crippen LogP) is 2.69. The highest BCUT2D eigenvalue weighted by molar-refractivity contribution is 5.86. The maximum atomic E-state index is 13.5. The molecule has 0 radical (unpaired) electrons. The number of carbonyl (C=O) groups is 2. The molecule has 3 aliphatic rings. The standard InChI is InChI=1S/C22H32N4O4/c1-15-12-16(24-21(29)30-2)13-23-19(15)25-10-3-8-22(14-25)9-11-26(20(22)28)17-4-6-18(27)7-5-17/h12-13,17-18,27H,3-11,14H2,1-2H3,(H,24,29)/t17-,18+,22-/m1/s1. The highest BCUT2D eigenvalue weighted by atomic mass is 16.5. The second-order valence-electron chi connectivity index (χ2n) is 9.00. The maximum Gasteiger partial charge on any atom is 0.411 e. The SMILES string of the molecule is COC(=O)Nc1cnc(N2CCC[C@@]3(CCN([C@H]4CC[C@@H](O)CC4)C3=O)C2)c(C)c1. The van der Waals surface area contributed by atoms with Crippen LogP contribution in [0.3, 0.4) is 0 Å². The molecule has 2 N–H and O–H groups in total. The average molecular weight is 417 g/mol. The molecule has 8 nitrogen and oxygen atoms in total. The van der Waals surface area contributed by atoms with Gasteiger partial charge in [-0.1, -0.05) is 0 Å². The number of amides is 2. The Morgan fingerprint density at radius 3 is 2.73 bits per heavy atom. The third kappa shape index (κ3) is 3.97. The second kappa shape index (κ2) is 8.41. The van der Waals surface area contributed by atoms with Gasteiger partial charge < -0.3 is 19.6 Å². The number of nitrogens with zero attached hydrogens (tertiary/aromatic N) is 3. The van der Waals surface area contributed by atoms with Gasteiger partial charge in [-0.25, -0.2) is 9.78 Å². The van der Waals surface area contributed by atoms with E-state index in [1.54, 1.807) is 6.20 Å². The summed E-state index contributed by atoms with van der Waals surface area (Å²) in [6.07, 6.45) is 7.09. The first-order valence-corrected chi connectivity index (χ1v) is 11.0. The lowest BCUT2D eigenvalue weighted by Crippen LogP contribution is -2.50. The summed E-state index contributed by atoms with van der Waals surface area (Å²) >= 11 is 0. The highest BCUT2D eigenvalue weighted by Gasteiger charge is 2.50. The lowest BCUT2D eigenvalue weighted by molar-refractivity contribution is -0.139. The van der Waals surface area contributed by atoms with Crippen LogP contribution in [-0.4, -0.2) is 65.9 Å².